The standard InChI is InChI=1S/C18H30N4O2.HI/c1-4-24-17-6-5-16(13-15(17)2)14-21-18(19-3)20-7-8-22-9-11-23-12-10-22;/h5-6,13H,4,7-12,14H2,1-3H3,(H2,19,20,21);1H. The van der Waals surface area contributed by atoms with E-state index < -0.39 is 0 Å². The number of ether oxygens (including phenoxy) is 2. The fraction of sp³-hybridized carbons (Fsp3) is 0.611. The molecule has 1 fully saturated rings. The molecule has 1 aliphatic rings. The molecule has 1 heterocycles. The third kappa shape index (κ3) is 7.79. The Balaban J connectivity index is 0.00000312. The van der Waals surface area contributed by atoms with Crippen molar-refractivity contribution < 1.29 is 9.47 Å². The number of aryl methyl sites for hydroxylation is 1. The topological polar surface area (TPSA) is 58.1 Å². The fourth-order valence-electron chi connectivity index (χ4n) is 2.70. The van der Waals surface area contributed by atoms with Crippen molar-refractivity contribution >= 4 is 29.9 Å². The lowest BCUT2D eigenvalue weighted by atomic mass is 10.1. The van der Waals surface area contributed by atoms with E-state index in [1.807, 2.05) is 13.0 Å². The van der Waals surface area contributed by atoms with Crippen LogP contribution in [0.15, 0.2) is 23.2 Å². The minimum atomic E-state index is 0. The molecule has 25 heavy (non-hydrogen) atoms. The summed E-state index contributed by atoms with van der Waals surface area (Å²) in [5.41, 5.74) is 2.37. The first-order valence-electron chi connectivity index (χ1n) is 8.70. The van der Waals surface area contributed by atoms with E-state index >= 15 is 0 Å². The summed E-state index contributed by atoms with van der Waals surface area (Å²) in [4.78, 5) is 6.68. The molecule has 0 spiro atoms. The van der Waals surface area contributed by atoms with Gasteiger partial charge in [-0.25, -0.2) is 0 Å². The van der Waals surface area contributed by atoms with Crippen molar-refractivity contribution in [2.45, 2.75) is 20.4 Å². The Bertz CT molecular complexity index is 534. The van der Waals surface area contributed by atoms with Gasteiger partial charge in [-0.1, -0.05) is 12.1 Å². The molecule has 0 saturated carbocycles. The number of hydrogen-bond donors (Lipinski definition) is 2. The highest BCUT2D eigenvalue weighted by atomic mass is 127. The lowest BCUT2D eigenvalue weighted by molar-refractivity contribution is 0.0389. The first-order chi connectivity index (χ1) is 11.7. The van der Waals surface area contributed by atoms with Crippen LogP contribution in [0, 0.1) is 6.92 Å². The van der Waals surface area contributed by atoms with E-state index in [0.717, 1.165) is 63.2 Å². The van der Waals surface area contributed by atoms with E-state index in [0.29, 0.717) is 6.61 Å². The molecular formula is C18H31IN4O2. The molecular weight excluding hydrogens is 431 g/mol. The summed E-state index contributed by atoms with van der Waals surface area (Å²) < 4.78 is 10.9. The van der Waals surface area contributed by atoms with E-state index in [2.05, 4.69) is 39.6 Å². The van der Waals surface area contributed by atoms with Crippen LogP contribution in [0.4, 0.5) is 0 Å². The summed E-state index contributed by atoms with van der Waals surface area (Å²) >= 11 is 0. The van der Waals surface area contributed by atoms with Gasteiger partial charge in [-0.3, -0.25) is 9.89 Å². The van der Waals surface area contributed by atoms with Gasteiger partial charge in [0.05, 0.1) is 19.8 Å². The normalized spacial score (nSPS) is 15.4. The Morgan fingerprint density at radius 3 is 2.68 bits per heavy atom. The van der Waals surface area contributed by atoms with Gasteiger partial charge in [0.2, 0.25) is 0 Å². The van der Waals surface area contributed by atoms with Gasteiger partial charge >= 0.3 is 0 Å². The monoisotopic (exact) mass is 462 g/mol. The SMILES string of the molecule is CCOc1ccc(CNC(=NC)NCCN2CCOCC2)cc1C.I. The van der Waals surface area contributed by atoms with E-state index in [1.54, 1.807) is 7.05 Å². The van der Waals surface area contributed by atoms with Crippen molar-refractivity contribution in [3.63, 3.8) is 0 Å². The number of benzene rings is 1. The van der Waals surface area contributed by atoms with Gasteiger partial charge in [0.25, 0.3) is 0 Å². The predicted octanol–water partition coefficient (Wildman–Crippen LogP) is 2.01. The van der Waals surface area contributed by atoms with Gasteiger partial charge in [0.1, 0.15) is 5.75 Å². The van der Waals surface area contributed by atoms with Crippen LogP contribution in [0.3, 0.4) is 0 Å². The zero-order chi connectivity index (χ0) is 17.2. The first kappa shape index (κ1) is 22.0. The van der Waals surface area contributed by atoms with Crippen LogP contribution in [0.25, 0.3) is 0 Å². The van der Waals surface area contributed by atoms with Crippen molar-refractivity contribution in [2.75, 3.05) is 53.0 Å². The zero-order valence-corrected chi connectivity index (χ0v) is 17.8. The molecule has 1 aromatic carbocycles. The fourth-order valence-corrected chi connectivity index (χ4v) is 2.70. The van der Waals surface area contributed by atoms with Crippen molar-refractivity contribution in [3.8, 4) is 5.75 Å². The van der Waals surface area contributed by atoms with Crippen molar-refractivity contribution in [3.05, 3.63) is 29.3 Å². The van der Waals surface area contributed by atoms with E-state index in [4.69, 9.17) is 9.47 Å². The summed E-state index contributed by atoms with van der Waals surface area (Å²) in [6.45, 7) is 11.1. The number of nitrogens with one attached hydrogen (secondary N) is 2. The van der Waals surface area contributed by atoms with Gasteiger partial charge < -0.3 is 20.1 Å². The maximum atomic E-state index is 5.58. The molecule has 7 heteroatoms. The Kier molecular flexibility index (Phi) is 10.8. The molecule has 2 rings (SSSR count). The van der Waals surface area contributed by atoms with Crippen molar-refractivity contribution in [2.24, 2.45) is 4.99 Å². The average molecular weight is 462 g/mol. The number of aliphatic imine (C=N–C) groups is 1. The second-order valence-electron chi connectivity index (χ2n) is 5.84. The molecule has 142 valence electrons. The zero-order valence-electron chi connectivity index (χ0n) is 15.5. The van der Waals surface area contributed by atoms with Crippen LogP contribution in [-0.4, -0.2) is 63.9 Å². The number of nitrogens with zero attached hydrogens (tertiary/aromatic N) is 2. The highest BCUT2D eigenvalue weighted by Crippen LogP contribution is 2.18. The largest absolute Gasteiger partial charge is 0.494 e. The molecule has 2 N–H and O–H groups in total. The van der Waals surface area contributed by atoms with Crippen LogP contribution in [0.5, 0.6) is 5.75 Å². The lowest BCUT2D eigenvalue weighted by Gasteiger charge is -2.26. The molecule has 0 aromatic heterocycles. The van der Waals surface area contributed by atoms with E-state index in [9.17, 15) is 0 Å². The second-order valence-corrected chi connectivity index (χ2v) is 5.84. The van der Waals surface area contributed by atoms with Gasteiger partial charge in [-0.2, -0.15) is 0 Å². The van der Waals surface area contributed by atoms with Crippen LogP contribution < -0.4 is 15.4 Å². The summed E-state index contributed by atoms with van der Waals surface area (Å²) in [6.07, 6.45) is 0. The lowest BCUT2D eigenvalue weighted by Crippen LogP contribution is -2.44. The first-order valence-corrected chi connectivity index (χ1v) is 8.70. The van der Waals surface area contributed by atoms with E-state index in [1.165, 1.54) is 5.56 Å². The van der Waals surface area contributed by atoms with Crippen molar-refractivity contribution in [1.82, 2.24) is 15.5 Å². The second kappa shape index (κ2) is 12.3. The van der Waals surface area contributed by atoms with Gasteiger partial charge in [-0.15, -0.1) is 24.0 Å². The predicted molar refractivity (Wildman–Crippen MR) is 113 cm³/mol. The highest BCUT2D eigenvalue weighted by Gasteiger charge is 2.09. The van der Waals surface area contributed by atoms with Crippen LogP contribution >= 0.6 is 24.0 Å². The Morgan fingerprint density at radius 2 is 2.04 bits per heavy atom. The highest BCUT2D eigenvalue weighted by molar-refractivity contribution is 14.0. The Morgan fingerprint density at radius 1 is 1.28 bits per heavy atom. The van der Waals surface area contributed by atoms with Crippen molar-refractivity contribution in [1.29, 1.82) is 0 Å². The van der Waals surface area contributed by atoms with Crippen LogP contribution in [0.2, 0.25) is 0 Å². The molecule has 0 amide bonds. The Hall–Kier alpha value is -1.06. The summed E-state index contributed by atoms with van der Waals surface area (Å²) in [5.74, 6) is 1.78. The summed E-state index contributed by atoms with van der Waals surface area (Å²) in [6, 6.07) is 6.27. The van der Waals surface area contributed by atoms with Crippen LogP contribution in [0.1, 0.15) is 18.1 Å². The molecule has 1 aliphatic heterocycles. The van der Waals surface area contributed by atoms with Gasteiger partial charge in [-0.05, 0) is 31.0 Å². The molecule has 0 bridgehead atoms. The number of halogens is 1. The van der Waals surface area contributed by atoms with Gasteiger partial charge in [0, 0.05) is 39.8 Å². The number of rotatable bonds is 7. The van der Waals surface area contributed by atoms with E-state index in [-0.39, 0.29) is 24.0 Å². The summed E-state index contributed by atoms with van der Waals surface area (Å²) in [5, 5.41) is 6.72. The van der Waals surface area contributed by atoms with Crippen LogP contribution in [-0.2, 0) is 11.3 Å². The minimum absolute atomic E-state index is 0. The molecule has 0 atom stereocenters. The number of hydrogen-bond acceptors (Lipinski definition) is 4. The third-order valence-corrected chi connectivity index (χ3v) is 4.05. The molecule has 6 nitrogen and oxygen atoms in total. The number of morpholine rings is 1. The molecule has 0 unspecified atom stereocenters. The maximum absolute atomic E-state index is 5.58. The minimum Gasteiger partial charge on any atom is -0.494 e. The molecule has 0 radical (unpaired) electrons. The maximum Gasteiger partial charge on any atom is 0.191 e. The molecule has 0 aliphatic carbocycles. The average Bonchev–Trinajstić information content (AvgIpc) is 2.61. The molecule has 1 aromatic rings. The smallest absolute Gasteiger partial charge is 0.191 e. The summed E-state index contributed by atoms with van der Waals surface area (Å²) in [7, 11) is 1.80. The number of guanidine groups is 1. The third-order valence-electron chi connectivity index (χ3n) is 4.05. The Labute approximate surface area is 168 Å². The van der Waals surface area contributed by atoms with Gasteiger partial charge in [0.15, 0.2) is 5.96 Å². The molecule has 1 saturated heterocycles. The quantitative estimate of drug-likeness (QED) is 0.369.